The maximum atomic E-state index is 12.3. The molecule has 0 bridgehead atoms. The normalized spacial score (nSPS) is 11.3. The third-order valence-electron chi connectivity index (χ3n) is 3.25. The second-order valence-corrected chi connectivity index (χ2v) is 4.86. The lowest BCUT2D eigenvalue weighted by molar-refractivity contribution is -0.142. The van der Waals surface area contributed by atoms with Gasteiger partial charge in [-0.05, 0) is 24.5 Å². The van der Waals surface area contributed by atoms with Gasteiger partial charge in [0.05, 0.1) is 19.0 Å². The Morgan fingerprint density at radius 3 is 2.83 bits per heavy atom. The predicted molar refractivity (Wildman–Crippen MR) is 82.5 cm³/mol. The molecule has 0 radical (unpaired) electrons. The number of methoxy groups -OCH3 is 1. The topological polar surface area (TPSA) is 97.0 Å². The summed E-state index contributed by atoms with van der Waals surface area (Å²) in [5.41, 5.74) is 2.21. The molecule has 2 aromatic heterocycles. The summed E-state index contributed by atoms with van der Waals surface area (Å²) in [6.07, 6.45) is 10.0. The molecule has 0 spiro atoms. The molecule has 7 heteroatoms. The summed E-state index contributed by atoms with van der Waals surface area (Å²) in [4.78, 5) is 35.0. The number of terminal acetylenes is 1. The van der Waals surface area contributed by atoms with Gasteiger partial charge < -0.3 is 15.0 Å². The largest absolute Gasteiger partial charge is 0.467 e. The number of H-pyrrole nitrogens is 1. The summed E-state index contributed by atoms with van der Waals surface area (Å²) in [6, 6.07) is 0.794. The molecule has 1 amide bonds. The minimum atomic E-state index is -0.833. The highest BCUT2D eigenvalue weighted by molar-refractivity contribution is 5.96. The molecule has 2 aromatic rings. The van der Waals surface area contributed by atoms with E-state index in [2.05, 4.69) is 26.2 Å². The Morgan fingerprint density at radius 2 is 2.26 bits per heavy atom. The first-order chi connectivity index (χ1) is 11.0. The zero-order valence-corrected chi connectivity index (χ0v) is 12.8. The van der Waals surface area contributed by atoms with Crippen LogP contribution in [0.15, 0.2) is 24.8 Å². The van der Waals surface area contributed by atoms with E-state index in [9.17, 15) is 9.59 Å². The van der Waals surface area contributed by atoms with Gasteiger partial charge in [-0.25, -0.2) is 14.8 Å². The van der Waals surface area contributed by atoms with Crippen LogP contribution in [0.5, 0.6) is 0 Å². The number of carbonyl (C=O) groups is 2. The number of aromatic amines is 1. The van der Waals surface area contributed by atoms with Crippen molar-refractivity contribution in [1.82, 2.24) is 20.3 Å². The minimum absolute atomic E-state index is 0.243. The number of pyridine rings is 1. The monoisotopic (exact) mass is 312 g/mol. The third-order valence-corrected chi connectivity index (χ3v) is 3.25. The molecule has 0 fully saturated rings. The van der Waals surface area contributed by atoms with E-state index >= 15 is 0 Å². The number of nitrogens with zero attached hydrogens (tertiary/aromatic N) is 2. The molecular formula is C16H16N4O3. The van der Waals surface area contributed by atoms with Crippen molar-refractivity contribution in [3.63, 3.8) is 0 Å². The van der Waals surface area contributed by atoms with E-state index in [0.29, 0.717) is 22.5 Å². The average Bonchev–Trinajstić information content (AvgIpc) is 3.06. The van der Waals surface area contributed by atoms with E-state index < -0.39 is 17.9 Å². The third kappa shape index (κ3) is 3.95. The SMILES string of the molecule is C#Cc1ncc(C(=O)N[C@H](Cc2cnc[nH]2)C(=O)OC)cc1C. The van der Waals surface area contributed by atoms with E-state index in [-0.39, 0.29) is 6.42 Å². The molecule has 23 heavy (non-hydrogen) atoms. The maximum absolute atomic E-state index is 12.3. The molecule has 0 unspecified atom stereocenters. The molecular weight excluding hydrogens is 296 g/mol. The Kier molecular flexibility index (Phi) is 5.10. The van der Waals surface area contributed by atoms with Crippen LogP contribution in [0.1, 0.15) is 27.3 Å². The zero-order valence-electron chi connectivity index (χ0n) is 12.8. The van der Waals surface area contributed by atoms with Gasteiger partial charge in [0.25, 0.3) is 5.91 Å². The number of imidazole rings is 1. The Labute approximate surface area is 133 Å². The van der Waals surface area contributed by atoms with Crippen molar-refractivity contribution < 1.29 is 14.3 Å². The first-order valence-electron chi connectivity index (χ1n) is 6.84. The second-order valence-electron chi connectivity index (χ2n) is 4.86. The molecule has 0 aliphatic carbocycles. The lowest BCUT2D eigenvalue weighted by Crippen LogP contribution is -2.43. The van der Waals surface area contributed by atoms with Crippen LogP contribution in [-0.2, 0) is 16.0 Å². The molecule has 0 aliphatic rings. The second kappa shape index (κ2) is 7.22. The van der Waals surface area contributed by atoms with Gasteiger partial charge in [-0.3, -0.25) is 4.79 Å². The van der Waals surface area contributed by atoms with E-state index in [1.165, 1.54) is 19.6 Å². The minimum Gasteiger partial charge on any atom is -0.467 e. The number of nitrogens with one attached hydrogen (secondary N) is 2. The Balaban J connectivity index is 2.15. The van der Waals surface area contributed by atoms with Crippen LogP contribution >= 0.6 is 0 Å². The van der Waals surface area contributed by atoms with Crippen LogP contribution in [0, 0.1) is 19.3 Å². The maximum Gasteiger partial charge on any atom is 0.328 e. The number of aromatic nitrogens is 3. The number of rotatable bonds is 5. The van der Waals surface area contributed by atoms with Crippen LogP contribution in [-0.4, -0.2) is 40.0 Å². The van der Waals surface area contributed by atoms with Crippen molar-refractivity contribution in [3.05, 3.63) is 47.3 Å². The van der Waals surface area contributed by atoms with Crippen molar-refractivity contribution >= 4 is 11.9 Å². The molecule has 0 saturated carbocycles. The van der Waals surface area contributed by atoms with Gasteiger partial charge >= 0.3 is 5.97 Å². The van der Waals surface area contributed by atoms with E-state index in [1.807, 2.05) is 0 Å². The molecule has 2 rings (SSSR count). The number of hydrogen-bond donors (Lipinski definition) is 2. The highest BCUT2D eigenvalue weighted by atomic mass is 16.5. The smallest absolute Gasteiger partial charge is 0.328 e. The molecule has 0 saturated heterocycles. The van der Waals surface area contributed by atoms with Crippen LogP contribution in [0.4, 0.5) is 0 Å². The number of carbonyl (C=O) groups excluding carboxylic acids is 2. The van der Waals surface area contributed by atoms with Crippen molar-refractivity contribution in [3.8, 4) is 12.3 Å². The van der Waals surface area contributed by atoms with Gasteiger partial charge in [0, 0.05) is 24.5 Å². The van der Waals surface area contributed by atoms with Gasteiger partial charge in [-0.15, -0.1) is 6.42 Å². The van der Waals surface area contributed by atoms with Gasteiger partial charge in [-0.1, -0.05) is 0 Å². The molecule has 2 heterocycles. The van der Waals surface area contributed by atoms with Gasteiger partial charge in [0.2, 0.25) is 0 Å². The van der Waals surface area contributed by atoms with E-state index in [1.54, 1.807) is 19.2 Å². The van der Waals surface area contributed by atoms with Crippen LogP contribution in [0.3, 0.4) is 0 Å². The van der Waals surface area contributed by atoms with Gasteiger partial charge in [-0.2, -0.15) is 0 Å². The average molecular weight is 312 g/mol. The standard InChI is InChI=1S/C16H16N4O3/c1-4-13-10(2)5-11(7-18-13)15(21)20-14(16(22)23-3)6-12-8-17-9-19-12/h1,5,7-9,14H,6H2,2-3H3,(H,17,19)(H,20,21)/t14-/m1/s1. The fourth-order valence-corrected chi connectivity index (χ4v) is 2.04. The quantitative estimate of drug-likeness (QED) is 0.623. The fourth-order valence-electron chi connectivity index (χ4n) is 2.04. The number of hydrogen-bond acceptors (Lipinski definition) is 5. The number of ether oxygens (including phenoxy) is 1. The summed E-state index contributed by atoms with van der Waals surface area (Å²) in [6.45, 7) is 1.77. The number of aryl methyl sites for hydroxylation is 1. The van der Waals surface area contributed by atoms with Crippen LogP contribution in [0.25, 0.3) is 0 Å². The molecule has 1 atom stereocenters. The first-order valence-corrected chi connectivity index (χ1v) is 6.84. The summed E-state index contributed by atoms with van der Waals surface area (Å²) in [5.74, 6) is 1.46. The van der Waals surface area contributed by atoms with Gasteiger partial charge in [0.1, 0.15) is 11.7 Å². The summed E-state index contributed by atoms with van der Waals surface area (Å²) in [7, 11) is 1.27. The number of amides is 1. The Hall–Kier alpha value is -3.14. The number of esters is 1. The predicted octanol–water partition coefficient (Wildman–Crippen LogP) is 0.609. The highest BCUT2D eigenvalue weighted by Gasteiger charge is 2.23. The Bertz CT molecular complexity index is 747. The summed E-state index contributed by atoms with van der Waals surface area (Å²) >= 11 is 0. The van der Waals surface area contributed by atoms with Crippen LogP contribution < -0.4 is 5.32 Å². The lowest BCUT2D eigenvalue weighted by Gasteiger charge is -2.16. The van der Waals surface area contributed by atoms with E-state index in [0.717, 1.165) is 0 Å². The summed E-state index contributed by atoms with van der Waals surface area (Å²) in [5, 5.41) is 2.63. The van der Waals surface area contributed by atoms with Crippen molar-refractivity contribution in [2.45, 2.75) is 19.4 Å². The highest BCUT2D eigenvalue weighted by Crippen LogP contribution is 2.08. The molecule has 2 N–H and O–H groups in total. The van der Waals surface area contributed by atoms with Crippen molar-refractivity contribution in [1.29, 1.82) is 0 Å². The fraction of sp³-hybridized carbons (Fsp3) is 0.250. The molecule has 0 aliphatic heterocycles. The summed E-state index contributed by atoms with van der Waals surface area (Å²) < 4.78 is 4.73. The zero-order chi connectivity index (χ0) is 16.8. The lowest BCUT2D eigenvalue weighted by atomic mass is 10.1. The first kappa shape index (κ1) is 16.2. The molecule has 7 nitrogen and oxygen atoms in total. The molecule has 118 valence electrons. The van der Waals surface area contributed by atoms with Crippen molar-refractivity contribution in [2.75, 3.05) is 7.11 Å². The Morgan fingerprint density at radius 1 is 1.48 bits per heavy atom. The van der Waals surface area contributed by atoms with Gasteiger partial charge in [0.15, 0.2) is 0 Å². The molecule has 0 aromatic carbocycles. The van der Waals surface area contributed by atoms with E-state index in [4.69, 9.17) is 11.2 Å². The van der Waals surface area contributed by atoms with Crippen molar-refractivity contribution in [2.24, 2.45) is 0 Å². The van der Waals surface area contributed by atoms with Crippen LogP contribution in [0.2, 0.25) is 0 Å².